The Morgan fingerprint density at radius 3 is 2.15 bits per heavy atom. The minimum atomic E-state index is 0.127. The first kappa shape index (κ1) is 21.9. The van der Waals surface area contributed by atoms with Crippen molar-refractivity contribution in [2.45, 2.75) is 37.3 Å². The van der Waals surface area contributed by atoms with Gasteiger partial charge in [0.05, 0.1) is 13.0 Å². The fourth-order valence-corrected chi connectivity index (χ4v) is 5.58. The third-order valence-electron chi connectivity index (χ3n) is 7.32. The van der Waals surface area contributed by atoms with Crippen LogP contribution in [0.3, 0.4) is 0 Å². The van der Waals surface area contributed by atoms with Gasteiger partial charge in [0.15, 0.2) is 0 Å². The zero-order chi connectivity index (χ0) is 22.6. The normalized spacial score (nSPS) is 23.2. The van der Waals surface area contributed by atoms with Crippen molar-refractivity contribution in [2.75, 3.05) is 26.2 Å². The van der Waals surface area contributed by atoms with E-state index in [0.29, 0.717) is 6.42 Å². The van der Waals surface area contributed by atoms with Crippen molar-refractivity contribution in [1.29, 1.82) is 0 Å². The number of nitrogens with zero attached hydrogens (tertiary/aromatic N) is 2. The Morgan fingerprint density at radius 2 is 1.45 bits per heavy atom. The molecule has 0 spiro atoms. The van der Waals surface area contributed by atoms with Gasteiger partial charge in [0, 0.05) is 31.1 Å². The summed E-state index contributed by atoms with van der Waals surface area (Å²) in [4.78, 5) is 17.6. The molecule has 2 aliphatic rings. The molecular weight excluding hydrogens is 408 g/mol. The SMILES string of the molecule is O=C(Cc1ccccc1)N1CCCCN2[C@H](CO)[C@@H](c3ccc(-c4ccccc4)cc3)[C@H]2C1. The number of fused-ring (bicyclic) bond motifs is 1. The monoisotopic (exact) mass is 440 g/mol. The van der Waals surface area contributed by atoms with Gasteiger partial charge in [-0.2, -0.15) is 0 Å². The molecule has 0 radical (unpaired) electrons. The largest absolute Gasteiger partial charge is 0.395 e. The molecule has 3 atom stereocenters. The highest BCUT2D eigenvalue weighted by atomic mass is 16.3. The van der Waals surface area contributed by atoms with Gasteiger partial charge in [0.1, 0.15) is 0 Å². The van der Waals surface area contributed by atoms with Crippen LogP contribution in [-0.2, 0) is 11.2 Å². The van der Waals surface area contributed by atoms with Gasteiger partial charge in [-0.3, -0.25) is 9.69 Å². The van der Waals surface area contributed by atoms with Gasteiger partial charge in [0.25, 0.3) is 0 Å². The number of rotatable bonds is 5. The number of hydrogen-bond acceptors (Lipinski definition) is 3. The summed E-state index contributed by atoms with van der Waals surface area (Å²) in [6.07, 6.45) is 2.52. The van der Waals surface area contributed by atoms with E-state index < -0.39 is 0 Å². The Bertz CT molecular complexity index is 1050. The maximum atomic E-state index is 13.2. The molecule has 0 aliphatic carbocycles. The molecule has 2 aliphatic heterocycles. The van der Waals surface area contributed by atoms with Crippen LogP contribution in [0.15, 0.2) is 84.9 Å². The number of benzene rings is 3. The Hall–Kier alpha value is -2.95. The molecule has 5 rings (SSSR count). The van der Waals surface area contributed by atoms with Crippen molar-refractivity contribution in [2.24, 2.45) is 0 Å². The maximum Gasteiger partial charge on any atom is 0.227 e. The van der Waals surface area contributed by atoms with E-state index >= 15 is 0 Å². The molecule has 0 aromatic heterocycles. The lowest BCUT2D eigenvalue weighted by Gasteiger charge is -2.57. The first-order chi connectivity index (χ1) is 16.2. The predicted molar refractivity (Wildman–Crippen MR) is 132 cm³/mol. The quantitative estimate of drug-likeness (QED) is 0.642. The average Bonchev–Trinajstić information content (AvgIpc) is 2.84. The van der Waals surface area contributed by atoms with Gasteiger partial charge in [-0.1, -0.05) is 84.9 Å². The summed E-state index contributed by atoms with van der Waals surface area (Å²) in [6, 6.07) is 29.6. The molecule has 4 heteroatoms. The lowest BCUT2D eigenvalue weighted by molar-refractivity contribution is -0.135. The van der Waals surface area contributed by atoms with E-state index in [1.165, 1.54) is 16.7 Å². The summed E-state index contributed by atoms with van der Waals surface area (Å²) >= 11 is 0. The van der Waals surface area contributed by atoms with E-state index in [1.54, 1.807) is 0 Å². The number of amides is 1. The van der Waals surface area contributed by atoms with Crippen LogP contribution in [0.5, 0.6) is 0 Å². The lowest BCUT2D eigenvalue weighted by Crippen LogP contribution is -2.68. The minimum absolute atomic E-state index is 0.127. The molecule has 1 N–H and O–H groups in total. The molecule has 1 amide bonds. The Morgan fingerprint density at radius 1 is 0.818 bits per heavy atom. The summed E-state index contributed by atoms with van der Waals surface area (Å²) in [7, 11) is 0. The van der Waals surface area contributed by atoms with E-state index in [9.17, 15) is 9.90 Å². The smallest absolute Gasteiger partial charge is 0.227 e. The lowest BCUT2D eigenvalue weighted by atomic mass is 9.74. The highest BCUT2D eigenvalue weighted by molar-refractivity contribution is 5.79. The van der Waals surface area contributed by atoms with E-state index in [-0.39, 0.29) is 30.5 Å². The molecular formula is C29H32N2O2. The van der Waals surface area contributed by atoms with Crippen LogP contribution >= 0.6 is 0 Å². The van der Waals surface area contributed by atoms with Crippen LogP contribution in [0.4, 0.5) is 0 Å². The second kappa shape index (κ2) is 9.90. The van der Waals surface area contributed by atoms with Crippen molar-refractivity contribution >= 4 is 5.91 Å². The van der Waals surface area contributed by atoms with Crippen molar-refractivity contribution in [3.63, 3.8) is 0 Å². The van der Waals surface area contributed by atoms with Crippen LogP contribution in [0.25, 0.3) is 11.1 Å². The molecule has 2 heterocycles. The van der Waals surface area contributed by atoms with Gasteiger partial charge < -0.3 is 10.0 Å². The van der Waals surface area contributed by atoms with Crippen molar-refractivity contribution in [1.82, 2.24) is 9.80 Å². The van der Waals surface area contributed by atoms with E-state index in [4.69, 9.17) is 0 Å². The highest BCUT2D eigenvalue weighted by Crippen LogP contribution is 2.42. The molecule has 2 fully saturated rings. The average molecular weight is 441 g/mol. The van der Waals surface area contributed by atoms with Gasteiger partial charge in [-0.25, -0.2) is 0 Å². The summed E-state index contributed by atoms with van der Waals surface area (Å²) in [5.74, 6) is 0.443. The van der Waals surface area contributed by atoms with Gasteiger partial charge in [-0.15, -0.1) is 0 Å². The van der Waals surface area contributed by atoms with Crippen LogP contribution in [0, 0.1) is 0 Å². The highest BCUT2D eigenvalue weighted by Gasteiger charge is 2.49. The van der Waals surface area contributed by atoms with Crippen LogP contribution in [-0.4, -0.2) is 59.1 Å². The third-order valence-corrected chi connectivity index (χ3v) is 7.32. The van der Waals surface area contributed by atoms with E-state index in [1.807, 2.05) is 36.4 Å². The van der Waals surface area contributed by atoms with Gasteiger partial charge >= 0.3 is 0 Å². The zero-order valence-corrected chi connectivity index (χ0v) is 19.0. The Balaban J connectivity index is 1.35. The number of hydrogen-bond donors (Lipinski definition) is 1. The fourth-order valence-electron chi connectivity index (χ4n) is 5.58. The van der Waals surface area contributed by atoms with Crippen LogP contribution in [0.1, 0.15) is 29.9 Å². The Kier molecular flexibility index (Phi) is 6.56. The first-order valence-electron chi connectivity index (χ1n) is 12.1. The molecule has 2 saturated heterocycles. The number of carbonyl (C=O) groups excluding carboxylic acids is 1. The molecule has 33 heavy (non-hydrogen) atoms. The molecule has 4 nitrogen and oxygen atoms in total. The van der Waals surface area contributed by atoms with Crippen molar-refractivity contribution in [3.8, 4) is 11.1 Å². The summed E-state index contributed by atoms with van der Waals surface area (Å²) in [6.45, 7) is 2.70. The second-order valence-electron chi connectivity index (χ2n) is 9.28. The van der Waals surface area contributed by atoms with Crippen molar-refractivity contribution < 1.29 is 9.90 Å². The first-order valence-corrected chi connectivity index (χ1v) is 12.1. The fraction of sp³-hybridized carbons (Fsp3) is 0.345. The predicted octanol–water partition coefficient (Wildman–Crippen LogP) is 4.35. The van der Waals surface area contributed by atoms with Crippen molar-refractivity contribution in [3.05, 3.63) is 96.1 Å². The van der Waals surface area contributed by atoms with Crippen LogP contribution in [0.2, 0.25) is 0 Å². The molecule has 3 aromatic rings. The van der Waals surface area contributed by atoms with E-state index in [0.717, 1.165) is 38.0 Å². The number of aliphatic hydroxyl groups excluding tert-OH is 1. The number of aliphatic hydroxyl groups is 1. The number of carbonyl (C=O) groups is 1. The molecule has 0 unspecified atom stereocenters. The van der Waals surface area contributed by atoms with Gasteiger partial charge in [-0.05, 0) is 41.6 Å². The molecule has 170 valence electrons. The summed E-state index contributed by atoms with van der Waals surface area (Å²) < 4.78 is 0. The zero-order valence-electron chi connectivity index (χ0n) is 19.0. The summed E-state index contributed by atoms with van der Waals surface area (Å²) in [5.41, 5.74) is 4.73. The molecule has 3 aromatic carbocycles. The minimum Gasteiger partial charge on any atom is -0.395 e. The Labute approximate surface area is 196 Å². The van der Waals surface area contributed by atoms with Gasteiger partial charge in [0.2, 0.25) is 5.91 Å². The molecule has 0 saturated carbocycles. The summed E-state index contributed by atoms with van der Waals surface area (Å²) in [5, 5.41) is 10.2. The third kappa shape index (κ3) is 4.59. The second-order valence-corrected chi connectivity index (χ2v) is 9.28. The van der Waals surface area contributed by atoms with E-state index in [2.05, 4.69) is 58.3 Å². The standard InChI is InChI=1S/C29H32N2O2/c32-21-27-29(25-15-13-24(14-16-25)23-11-5-2-6-12-23)26-20-30(17-7-8-18-31(26)27)28(33)19-22-9-3-1-4-10-22/h1-6,9-16,26-27,29,32H,7-8,17-21H2/t26-,27-,29+/m1/s1. The topological polar surface area (TPSA) is 43.8 Å². The van der Waals surface area contributed by atoms with Crippen LogP contribution < -0.4 is 0 Å². The molecule has 0 bridgehead atoms. The maximum absolute atomic E-state index is 13.2.